The number of carboxylic acid groups (broad SMARTS) is 1. The summed E-state index contributed by atoms with van der Waals surface area (Å²) in [4.78, 5) is 23.7. The Morgan fingerprint density at radius 2 is 1.94 bits per heavy atom. The number of nitrogens with zero attached hydrogens (tertiary/aromatic N) is 1. The van der Waals surface area contributed by atoms with Crippen molar-refractivity contribution < 1.29 is 19.8 Å². The van der Waals surface area contributed by atoms with E-state index in [1.807, 2.05) is 0 Å². The van der Waals surface area contributed by atoms with Gasteiger partial charge in [-0.25, -0.2) is 0 Å². The summed E-state index contributed by atoms with van der Waals surface area (Å²) < 4.78 is 0. The molecule has 1 aliphatic carbocycles. The molecule has 2 N–H and O–H groups in total. The Kier molecular flexibility index (Phi) is 5.77. The SMILES string of the molecule is CN(C(=O)CSCC(=O)O)C1CCCCC1O. The molecule has 5 nitrogen and oxygen atoms in total. The highest BCUT2D eigenvalue weighted by Crippen LogP contribution is 2.22. The van der Waals surface area contributed by atoms with Crippen LogP contribution in [-0.4, -0.2) is 57.7 Å². The molecule has 0 aliphatic heterocycles. The molecule has 0 spiro atoms. The van der Waals surface area contributed by atoms with E-state index in [1.54, 1.807) is 11.9 Å². The molecule has 1 saturated carbocycles. The molecule has 6 heteroatoms. The minimum atomic E-state index is -0.914. The van der Waals surface area contributed by atoms with Crippen molar-refractivity contribution in [3.63, 3.8) is 0 Å². The maximum absolute atomic E-state index is 11.8. The number of carbonyl (C=O) groups is 2. The molecule has 0 bridgehead atoms. The summed E-state index contributed by atoms with van der Waals surface area (Å²) in [5, 5.41) is 18.3. The Hall–Kier alpha value is -0.750. The van der Waals surface area contributed by atoms with Crippen molar-refractivity contribution in [1.29, 1.82) is 0 Å². The van der Waals surface area contributed by atoms with Crippen LogP contribution in [0.15, 0.2) is 0 Å². The Morgan fingerprint density at radius 1 is 1.29 bits per heavy atom. The number of likely N-dealkylation sites (N-methyl/N-ethyl adjacent to an activating group) is 1. The molecule has 2 unspecified atom stereocenters. The van der Waals surface area contributed by atoms with Gasteiger partial charge in [-0.05, 0) is 12.8 Å². The van der Waals surface area contributed by atoms with Crippen LogP contribution in [0.1, 0.15) is 25.7 Å². The molecule has 1 amide bonds. The largest absolute Gasteiger partial charge is 0.481 e. The highest BCUT2D eigenvalue weighted by molar-refractivity contribution is 8.00. The van der Waals surface area contributed by atoms with Gasteiger partial charge < -0.3 is 15.1 Å². The Morgan fingerprint density at radius 3 is 2.53 bits per heavy atom. The molecule has 0 heterocycles. The molecule has 2 atom stereocenters. The van der Waals surface area contributed by atoms with E-state index >= 15 is 0 Å². The van der Waals surface area contributed by atoms with Gasteiger partial charge in [0.2, 0.25) is 5.91 Å². The first-order valence-corrected chi connectivity index (χ1v) is 6.91. The number of aliphatic hydroxyl groups excluding tert-OH is 1. The summed E-state index contributed by atoms with van der Waals surface area (Å²) in [6, 6.07) is -0.110. The third kappa shape index (κ3) is 4.55. The number of hydrogen-bond acceptors (Lipinski definition) is 4. The topological polar surface area (TPSA) is 77.8 Å². The Balaban J connectivity index is 2.37. The van der Waals surface area contributed by atoms with Crippen molar-refractivity contribution in [2.24, 2.45) is 0 Å². The second-order valence-electron chi connectivity index (χ2n) is 4.31. The molecule has 0 saturated heterocycles. The van der Waals surface area contributed by atoms with E-state index in [-0.39, 0.29) is 23.5 Å². The van der Waals surface area contributed by atoms with Crippen LogP contribution >= 0.6 is 11.8 Å². The average molecular weight is 261 g/mol. The van der Waals surface area contributed by atoms with Crippen LogP contribution in [0.3, 0.4) is 0 Å². The molecule has 0 aromatic carbocycles. The van der Waals surface area contributed by atoms with Gasteiger partial charge in [-0.15, -0.1) is 11.8 Å². The number of thioether (sulfide) groups is 1. The molecule has 0 aromatic heterocycles. The molecule has 98 valence electrons. The van der Waals surface area contributed by atoms with Crippen LogP contribution < -0.4 is 0 Å². The van der Waals surface area contributed by atoms with Crippen molar-refractivity contribution in [2.75, 3.05) is 18.6 Å². The number of rotatable bonds is 5. The first kappa shape index (κ1) is 14.3. The summed E-state index contributed by atoms with van der Waals surface area (Å²) in [5.74, 6) is -0.927. The first-order valence-electron chi connectivity index (χ1n) is 5.75. The number of aliphatic carboxylic acids is 1. The van der Waals surface area contributed by atoms with Crippen LogP contribution in [0.25, 0.3) is 0 Å². The lowest BCUT2D eigenvalue weighted by atomic mass is 9.91. The molecular formula is C11H19NO4S. The average Bonchev–Trinajstić information content (AvgIpc) is 2.28. The van der Waals surface area contributed by atoms with Crippen LogP contribution in [0.2, 0.25) is 0 Å². The fraction of sp³-hybridized carbons (Fsp3) is 0.818. The van der Waals surface area contributed by atoms with Crippen molar-refractivity contribution in [2.45, 2.75) is 37.8 Å². The standard InChI is InChI=1S/C11H19NO4S/c1-12(8-4-2-3-5-9(8)13)10(14)6-17-7-11(15)16/h8-9,13H,2-7H2,1H3,(H,15,16). The van der Waals surface area contributed by atoms with Crippen molar-refractivity contribution in [3.05, 3.63) is 0 Å². The number of carbonyl (C=O) groups excluding carboxylic acids is 1. The zero-order valence-corrected chi connectivity index (χ0v) is 10.8. The van der Waals surface area contributed by atoms with E-state index in [0.717, 1.165) is 37.4 Å². The van der Waals surface area contributed by atoms with E-state index in [2.05, 4.69) is 0 Å². The van der Waals surface area contributed by atoms with Crippen LogP contribution in [-0.2, 0) is 9.59 Å². The second kappa shape index (κ2) is 6.86. The summed E-state index contributed by atoms with van der Waals surface area (Å²) >= 11 is 1.09. The van der Waals surface area contributed by atoms with Crippen LogP contribution in [0.5, 0.6) is 0 Å². The van der Waals surface area contributed by atoms with E-state index in [4.69, 9.17) is 5.11 Å². The minimum Gasteiger partial charge on any atom is -0.481 e. The summed E-state index contributed by atoms with van der Waals surface area (Å²) in [5.41, 5.74) is 0. The van der Waals surface area contributed by atoms with Crippen molar-refractivity contribution >= 4 is 23.6 Å². The molecule has 1 aliphatic rings. The summed E-state index contributed by atoms with van der Waals surface area (Å²) in [6.07, 6.45) is 3.16. The van der Waals surface area contributed by atoms with Gasteiger partial charge in [-0.1, -0.05) is 12.8 Å². The van der Waals surface area contributed by atoms with Gasteiger partial charge in [-0.2, -0.15) is 0 Å². The van der Waals surface area contributed by atoms with Crippen molar-refractivity contribution in [3.8, 4) is 0 Å². The maximum atomic E-state index is 11.8. The molecule has 1 fully saturated rings. The predicted octanol–water partition coefficient (Wildman–Crippen LogP) is 0.566. The molecule has 0 aromatic rings. The van der Waals surface area contributed by atoms with E-state index in [0.29, 0.717) is 0 Å². The van der Waals surface area contributed by atoms with Gasteiger partial charge in [-0.3, -0.25) is 9.59 Å². The third-order valence-electron chi connectivity index (χ3n) is 3.04. The Labute approximate surface area is 105 Å². The van der Waals surface area contributed by atoms with Gasteiger partial charge >= 0.3 is 5.97 Å². The zero-order valence-electron chi connectivity index (χ0n) is 9.96. The van der Waals surface area contributed by atoms with E-state index in [9.17, 15) is 14.7 Å². The number of amides is 1. The lowest BCUT2D eigenvalue weighted by molar-refractivity contribution is -0.133. The smallest absolute Gasteiger partial charge is 0.313 e. The number of aliphatic hydroxyl groups is 1. The van der Waals surface area contributed by atoms with Gasteiger partial charge in [0.1, 0.15) is 0 Å². The fourth-order valence-electron chi connectivity index (χ4n) is 2.06. The molecular weight excluding hydrogens is 242 g/mol. The third-order valence-corrected chi connectivity index (χ3v) is 3.94. The maximum Gasteiger partial charge on any atom is 0.313 e. The molecule has 17 heavy (non-hydrogen) atoms. The highest BCUT2D eigenvalue weighted by atomic mass is 32.2. The quantitative estimate of drug-likeness (QED) is 0.756. The predicted molar refractivity (Wildman–Crippen MR) is 66.0 cm³/mol. The van der Waals surface area contributed by atoms with Gasteiger partial charge in [0.05, 0.1) is 23.7 Å². The lowest BCUT2D eigenvalue weighted by Crippen LogP contribution is -2.47. The highest BCUT2D eigenvalue weighted by Gasteiger charge is 2.29. The summed E-state index contributed by atoms with van der Waals surface area (Å²) in [6.45, 7) is 0. The lowest BCUT2D eigenvalue weighted by Gasteiger charge is -2.35. The van der Waals surface area contributed by atoms with Gasteiger partial charge in [0, 0.05) is 7.05 Å². The first-order chi connectivity index (χ1) is 8.02. The monoisotopic (exact) mass is 261 g/mol. The second-order valence-corrected chi connectivity index (χ2v) is 5.30. The van der Waals surface area contributed by atoms with E-state index < -0.39 is 12.1 Å². The van der Waals surface area contributed by atoms with Crippen LogP contribution in [0.4, 0.5) is 0 Å². The molecule has 0 radical (unpaired) electrons. The summed E-state index contributed by atoms with van der Waals surface area (Å²) in [7, 11) is 1.68. The number of carboxylic acids is 1. The normalized spacial score (nSPS) is 24.4. The zero-order chi connectivity index (χ0) is 12.8. The Bertz CT molecular complexity index is 285. The molecule has 1 rings (SSSR count). The van der Waals surface area contributed by atoms with Crippen LogP contribution in [0, 0.1) is 0 Å². The van der Waals surface area contributed by atoms with Gasteiger partial charge in [0.25, 0.3) is 0 Å². The number of hydrogen-bond donors (Lipinski definition) is 2. The van der Waals surface area contributed by atoms with Gasteiger partial charge in [0.15, 0.2) is 0 Å². The van der Waals surface area contributed by atoms with Crippen molar-refractivity contribution in [1.82, 2.24) is 4.90 Å². The minimum absolute atomic E-state index is 0.0627. The fourth-order valence-corrected chi connectivity index (χ4v) is 2.71. The van der Waals surface area contributed by atoms with E-state index in [1.165, 1.54) is 0 Å².